The highest BCUT2D eigenvalue weighted by atomic mass is 16.2. The van der Waals surface area contributed by atoms with Gasteiger partial charge in [-0.3, -0.25) is 5.43 Å². The van der Waals surface area contributed by atoms with Crippen molar-refractivity contribution in [2.45, 2.75) is 0 Å². The minimum atomic E-state index is -0.537. The molecule has 0 fully saturated rings. The zero-order chi connectivity index (χ0) is 5.86. The van der Waals surface area contributed by atoms with Crippen molar-refractivity contribution in [3.05, 3.63) is 0 Å². The maximum Gasteiger partial charge on any atom is 0.326 e. The molecule has 0 atom stereocenters. The van der Waals surface area contributed by atoms with Crippen LogP contribution < -0.4 is 11.2 Å². The summed E-state index contributed by atoms with van der Waals surface area (Å²) in [6, 6.07) is -0.537. The Morgan fingerprint density at radius 1 is 1.71 bits per heavy atom. The van der Waals surface area contributed by atoms with E-state index in [2.05, 4.69) is 5.43 Å². The molecule has 2 amide bonds. The summed E-state index contributed by atoms with van der Waals surface area (Å²) in [4.78, 5) is 9.88. The van der Waals surface area contributed by atoms with Crippen molar-refractivity contribution in [3.63, 3.8) is 0 Å². The monoisotopic (exact) mass is 103 g/mol. The molecule has 0 heterocycles. The molecule has 4 nitrogen and oxygen atoms in total. The number of nitrogens with two attached hydrogens (primary N) is 1. The fraction of sp³-hybridized carbons (Fsp3) is 0.667. The third kappa shape index (κ3) is 5.23. The van der Waals surface area contributed by atoms with Gasteiger partial charge < -0.3 is 5.73 Å². The molecule has 0 aromatic heterocycles. The molecule has 0 spiro atoms. The highest BCUT2D eigenvalue weighted by Gasteiger charge is 1.87. The van der Waals surface area contributed by atoms with Crippen LogP contribution in [0.3, 0.4) is 0 Å². The van der Waals surface area contributed by atoms with Gasteiger partial charge in [0.2, 0.25) is 0 Å². The lowest BCUT2D eigenvalue weighted by Gasteiger charge is -2.06. The molecule has 0 aliphatic heterocycles. The van der Waals surface area contributed by atoms with Gasteiger partial charge in [-0.25, -0.2) is 9.80 Å². The van der Waals surface area contributed by atoms with E-state index >= 15 is 0 Å². The zero-order valence-electron chi connectivity index (χ0n) is 4.43. The molecule has 0 bridgehead atoms. The summed E-state index contributed by atoms with van der Waals surface area (Å²) < 4.78 is 0. The van der Waals surface area contributed by atoms with Gasteiger partial charge in [-0.05, 0) is 0 Å². The molecule has 0 saturated carbocycles. The van der Waals surface area contributed by atoms with Gasteiger partial charge in [0.05, 0.1) is 0 Å². The average Bonchev–Trinajstić information content (AvgIpc) is 1.27. The first-order valence-electron chi connectivity index (χ1n) is 1.86. The van der Waals surface area contributed by atoms with Crippen LogP contribution in [-0.4, -0.2) is 25.1 Å². The number of nitrogens with one attached hydrogen (secondary N) is 1. The highest BCUT2D eigenvalue weighted by molar-refractivity contribution is 5.70. The summed E-state index contributed by atoms with van der Waals surface area (Å²) in [7, 11) is 3.37. The number of rotatable bonds is 1. The SMILES string of the molecule is CN(C)NC(N)=O. The maximum absolute atomic E-state index is 9.88. The number of hydrogen-bond acceptors (Lipinski definition) is 2. The van der Waals surface area contributed by atoms with Crippen molar-refractivity contribution in [2.24, 2.45) is 5.73 Å². The fourth-order valence-corrected chi connectivity index (χ4v) is 0.220. The van der Waals surface area contributed by atoms with Crippen molar-refractivity contribution in [1.29, 1.82) is 0 Å². The van der Waals surface area contributed by atoms with Crippen LogP contribution in [0.4, 0.5) is 4.79 Å². The average molecular weight is 103 g/mol. The van der Waals surface area contributed by atoms with E-state index in [0.717, 1.165) is 0 Å². The number of urea groups is 1. The summed E-state index contributed by atoms with van der Waals surface area (Å²) in [5, 5.41) is 1.47. The van der Waals surface area contributed by atoms with Gasteiger partial charge in [-0.1, -0.05) is 0 Å². The highest BCUT2D eigenvalue weighted by Crippen LogP contribution is 1.58. The molecular formula is C3H9N3O. The molecule has 0 aliphatic rings. The fourth-order valence-electron chi connectivity index (χ4n) is 0.220. The summed E-state index contributed by atoms with van der Waals surface area (Å²) in [5.41, 5.74) is 6.98. The van der Waals surface area contributed by atoms with E-state index in [4.69, 9.17) is 5.73 Å². The first-order chi connectivity index (χ1) is 3.13. The van der Waals surface area contributed by atoms with Crippen molar-refractivity contribution in [2.75, 3.05) is 14.1 Å². The van der Waals surface area contributed by atoms with Crippen LogP contribution in [0.2, 0.25) is 0 Å². The number of hydrogen-bond donors (Lipinski definition) is 2. The molecule has 0 radical (unpaired) electrons. The molecule has 0 aromatic carbocycles. The second kappa shape index (κ2) is 2.41. The van der Waals surface area contributed by atoms with Crippen LogP contribution in [0, 0.1) is 0 Å². The van der Waals surface area contributed by atoms with Gasteiger partial charge in [-0.2, -0.15) is 0 Å². The minimum Gasteiger partial charge on any atom is -0.351 e. The van der Waals surface area contributed by atoms with Gasteiger partial charge >= 0.3 is 6.03 Å². The van der Waals surface area contributed by atoms with Gasteiger partial charge in [0.25, 0.3) is 0 Å². The molecule has 7 heavy (non-hydrogen) atoms. The van der Waals surface area contributed by atoms with Gasteiger partial charge in [-0.15, -0.1) is 0 Å². The second-order valence-corrected chi connectivity index (χ2v) is 1.37. The van der Waals surface area contributed by atoms with Crippen molar-refractivity contribution < 1.29 is 4.79 Å². The van der Waals surface area contributed by atoms with E-state index in [1.165, 1.54) is 5.01 Å². The topological polar surface area (TPSA) is 58.4 Å². The van der Waals surface area contributed by atoms with Crippen LogP contribution in [0.25, 0.3) is 0 Å². The summed E-state index contributed by atoms with van der Waals surface area (Å²) >= 11 is 0. The van der Waals surface area contributed by atoms with E-state index in [0.29, 0.717) is 0 Å². The van der Waals surface area contributed by atoms with Crippen LogP contribution in [0.15, 0.2) is 0 Å². The zero-order valence-corrected chi connectivity index (χ0v) is 4.43. The first kappa shape index (κ1) is 6.23. The van der Waals surface area contributed by atoms with Crippen molar-refractivity contribution in [1.82, 2.24) is 10.4 Å². The van der Waals surface area contributed by atoms with Crippen LogP contribution in [0.1, 0.15) is 0 Å². The molecule has 3 N–H and O–H groups in total. The van der Waals surface area contributed by atoms with Crippen molar-refractivity contribution in [3.8, 4) is 0 Å². The van der Waals surface area contributed by atoms with E-state index in [9.17, 15) is 4.79 Å². The third-order valence-electron chi connectivity index (χ3n) is 0.334. The molecule has 0 rings (SSSR count). The molecular weight excluding hydrogens is 94.1 g/mol. The Kier molecular flexibility index (Phi) is 2.15. The molecule has 0 aliphatic carbocycles. The lowest BCUT2D eigenvalue weighted by molar-refractivity contribution is 0.221. The Morgan fingerprint density at radius 3 is 2.14 bits per heavy atom. The smallest absolute Gasteiger partial charge is 0.326 e. The Bertz CT molecular complexity index is 70.6. The van der Waals surface area contributed by atoms with E-state index in [1.807, 2.05) is 0 Å². The number of amides is 2. The lowest BCUT2D eigenvalue weighted by Crippen LogP contribution is -2.39. The molecule has 0 unspecified atom stereocenters. The normalized spacial score (nSPS) is 9.00. The summed E-state index contributed by atoms with van der Waals surface area (Å²) in [6.07, 6.45) is 0. The van der Waals surface area contributed by atoms with Gasteiger partial charge in [0, 0.05) is 14.1 Å². The van der Waals surface area contributed by atoms with Crippen molar-refractivity contribution >= 4 is 6.03 Å². The summed E-state index contributed by atoms with van der Waals surface area (Å²) in [6.45, 7) is 0. The third-order valence-corrected chi connectivity index (χ3v) is 0.334. The van der Waals surface area contributed by atoms with Gasteiger partial charge in [0.1, 0.15) is 0 Å². The lowest BCUT2D eigenvalue weighted by atomic mass is 11.0. The Balaban J connectivity index is 3.13. The minimum absolute atomic E-state index is 0.537. The van der Waals surface area contributed by atoms with Crippen LogP contribution >= 0.6 is 0 Å². The molecule has 4 heteroatoms. The predicted octanol–water partition coefficient (Wildman–Crippen LogP) is -0.869. The Hall–Kier alpha value is -0.770. The van der Waals surface area contributed by atoms with E-state index < -0.39 is 6.03 Å². The molecule has 0 aromatic rings. The van der Waals surface area contributed by atoms with E-state index in [-0.39, 0.29) is 0 Å². The van der Waals surface area contributed by atoms with Gasteiger partial charge in [0.15, 0.2) is 0 Å². The van der Waals surface area contributed by atoms with Crippen LogP contribution in [0.5, 0.6) is 0 Å². The van der Waals surface area contributed by atoms with Crippen LogP contribution in [-0.2, 0) is 0 Å². The standard InChI is InChI=1S/C3H9N3O/c1-6(2)5-3(4)7/h1-2H3,(H3,4,5,7). The number of primary amides is 1. The maximum atomic E-state index is 9.88. The molecule has 42 valence electrons. The Morgan fingerprint density at radius 2 is 2.14 bits per heavy atom. The number of carbonyl (C=O) groups excluding carboxylic acids is 1. The number of hydrazine groups is 1. The number of carbonyl (C=O) groups is 1. The summed E-state index contributed by atoms with van der Waals surface area (Å²) in [5.74, 6) is 0. The first-order valence-corrected chi connectivity index (χ1v) is 1.86. The predicted molar refractivity (Wildman–Crippen MR) is 26.4 cm³/mol. The molecule has 0 saturated heterocycles. The number of nitrogens with zero attached hydrogens (tertiary/aromatic N) is 1. The quantitative estimate of drug-likeness (QED) is 0.424. The second-order valence-electron chi connectivity index (χ2n) is 1.37. The van der Waals surface area contributed by atoms with E-state index in [1.54, 1.807) is 14.1 Å². The largest absolute Gasteiger partial charge is 0.351 e. The Labute approximate surface area is 42.3 Å².